The highest BCUT2D eigenvalue weighted by Gasteiger charge is 2.26. The minimum absolute atomic E-state index is 0.118. The third-order valence-electron chi connectivity index (χ3n) is 4.93. The van der Waals surface area contributed by atoms with Crippen LogP contribution in [0, 0.1) is 0 Å². The molecule has 28 heavy (non-hydrogen) atoms. The number of carbonyl (C=O) groups excluding carboxylic acids is 1. The Labute approximate surface area is 163 Å². The quantitative estimate of drug-likeness (QED) is 0.692. The van der Waals surface area contributed by atoms with Gasteiger partial charge in [-0.15, -0.1) is 0 Å². The Morgan fingerprint density at radius 3 is 2.46 bits per heavy atom. The van der Waals surface area contributed by atoms with Gasteiger partial charge < -0.3 is 19.5 Å². The molecule has 1 saturated heterocycles. The monoisotopic (exact) mass is 401 g/mol. The largest absolute Gasteiger partial charge is 0.497 e. The van der Waals surface area contributed by atoms with Crippen molar-refractivity contribution in [3.63, 3.8) is 0 Å². The van der Waals surface area contributed by atoms with Crippen LogP contribution in [0.3, 0.4) is 0 Å². The van der Waals surface area contributed by atoms with Gasteiger partial charge in [0.2, 0.25) is 0 Å². The molecular weight excluding hydrogens is 382 g/mol. The number of fused-ring (bicyclic) bond motifs is 1. The van der Waals surface area contributed by atoms with E-state index in [0.717, 1.165) is 27.5 Å². The number of H-pyrrole nitrogens is 1. The summed E-state index contributed by atoms with van der Waals surface area (Å²) in [7, 11) is 3.01. The molecule has 0 bridgehead atoms. The van der Waals surface area contributed by atoms with Crippen molar-refractivity contribution in [3.05, 3.63) is 50.0 Å². The summed E-state index contributed by atoms with van der Waals surface area (Å²) in [5, 5.41) is 0. The number of aromatic amines is 1. The van der Waals surface area contributed by atoms with Gasteiger partial charge in [-0.05, 0) is 35.8 Å². The van der Waals surface area contributed by atoms with Gasteiger partial charge >= 0.3 is 5.69 Å². The van der Waals surface area contributed by atoms with E-state index in [1.807, 2.05) is 24.3 Å². The van der Waals surface area contributed by atoms with E-state index in [0.29, 0.717) is 31.1 Å². The number of aromatic nitrogens is 3. The van der Waals surface area contributed by atoms with Gasteiger partial charge in [0, 0.05) is 38.9 Å². The van der Waals surface area contributed by atoms with E-state index in [4.69, 9.17) is 4.74 Å². The van der Waals surface area contributed by atoms with Crippen LogP contribution in [-0.4, -0.2) is 58.0 Å². The molecule has 1 fully saturated rings. The molecule has 0 aliphatic carbocycles. The maximum Gasteiger partial charge on any atom is 0.328 e. The fourth-order valence-corrected chi connectivity index (χ4v) is 4.04. The highest BCUT2D eigenvalue weighted by molar-refractivity contribution is 7.09. The zero-order valence-corrected chi connectivity index (χ0v) is 16.3. The summed E-state index contributed by atoms with van der Waals surface area (Å²) in [5.74, 6) is 0.584. The molecular formula is C18H19N5O4S. The fourth-order valence-electron chi connectivity index (χ4n) is 3.24. The third kappa shape index (κ3) is 3.05. The number of hydrogen-bond acceptors (Lipinski definition) is 7. The van der Waals surface area contributed by atoms with Crippen LogP contribution >= 0.6 is 11.5 Å². The summed E-state index contributed by atoms with van der Waals surface area (Å²) in [5.41, 5.74) is 0.353. The molecule has 10 heteroatoms. The molecule has 3 aromatic rings. The summed E-state index contributed by atoms with van der Waals surface area (Å²) in [6.07, 6.45) is 0. The molecule has 0 atom stereocenters. The van der Waals surface area contributed by atoms with Crippen LogP contribution < -0.4 is 20.9 Å². The fraction of sp³-hybridized carbons (Fsp3) is 0.333. The number of nitrogens with one attached hydrogen (secondary N) is 1. The predicted molar refractivity (Wildman–Crippen MR) is 107 cm³/mol. The van der Waals surface area contributed by atoms with Crippen molar-refractivity contribution in [2.75, 3.05) is 38.2 Å². The molecule has 1 N–H and O–H groups in total. The highest BCUT2D eigenvalue weighted by atomic mass is 32.1. The first-order chi connectivity index (χ1) is 13.5. The van der Waals surface area contributed by atoms with Gasteiger partial charge in [0.1, 0.15) is 10.6 Å². The lowest BCUT2D eigenvalue weighted by Gasteiger charge is -2.36. The number of nitrogens with zero attached hydrogens (tertiary/aromatic N) is 4. The lowest BCUT2D eigenvalue weighted by Crippen LogP contribution is -2.48. The van der Waals surface area contributed by atoms with Crippen LogP contribution in [0.1, 0.15) is 9.67 Å². The molecule has 1 amide bonds. The third-order valence-corrected chi connectivity index (χ3v) is 5.77. The Balaban J connectivity index is 1.52. The van der Waals surface area contributed by atoms with Crippen LogP contribution in [0.2, 0.25) is 0 Å². The second-order valence-electron chi connectivity index (χ2n) is 6.51. The topological polar surface area (TPSA) is 101 Å². The van der Waals surface area contributed by atoms with E-state index >= 15 is 0 Å². The summed E-state index contributed by atoms with van der Waals surface area (Å²) in [4.78, 5) is 43.8. The van der Waals surface area contributed by atoms with Gasteiger partial charge in [0.25, 0.3) is 11.5 Å². The molecule has 0 saturated carbocycles. The summed E-state index contributed by atoms with van der Waals surface area (Å²) in [6, 6.07) is 7.81. The standard InChI is InChI=1S/C18H19N5O4S/c1-21-16(24)14-13(19-18(21)26)15(28-20-14)17(25)23-9-7-22(8-10-23)11-3-5-12(27-2)6-4-11/h3-6H,7-10H2,1-2H3,(H,19,26). The Bertz CT molecular complexity index is 1140. The Morgan fingerprint density at radius 1 is 1.14 bits per heavy atom. The van der Waals surface area contributed by atoms with Crippen molar-refractivity contribution in [2.45, 2.75) is 0 Å². The highest BCUT2D eigenvalue weighted by Crippen LogP contribution is 2.23. The molecule has 1 aliphatic rings. The van der Waals surface area contributed by atoms with Crippen LogP contribution in [0.25, 0.3) is 11.0 Å². The predicted octanol–water partition coefficient (Wildman–Crippen LogP) is 0.654. The molecule has 1 aliphatic heterocycles. The summed E-state index contributed by atoms with van der Waals surface area (Å²) >= 11 is 0.945. The first kappa shape index (κ1) is 18.2. The molecule has 0 radical (unpaired) electrons. The van der Waals surface area contributed by atoms with Crippen LogP contribution in [0.4, 0.5) is 5.69 Å². The smallest absolute Gasteiger partial charge is 0.328 e. The number of amides is 1. The maximum absolute atomic E-state index is 12.9. The molecule has 9 nitrogen and oxygen atoms in total. The zero-order chi connectivity index (χ0) is 19.8. The molecule has 0 spiro atoms. The molecule has 3 heterocycles. The van der Waals surface area contributed by atoms with Gasteiger partial charge in [0.05, 0.1) is 12.6 Å². The summed E-state index contributed by atoms with van der Waals surface area (Å²) < 4.78 is 10.2. The van der Waals surface area contributed by atoms with E-state index in [-0.39, 0.29) is 16.9 Å². The SMILES string of the molecule is COc1ccc(N2CCN(C(=O)c3snc4c(=O)n(C)c(=O)[nH]c34)CC2)cc1. The number of methoxy groups -OCH3 is 1. The average Bonchev–Trinajstić information content (AvgIpc) is 3.15. The van der Waals surface area contributed by atoms with E-state index in [2.05, 4.69) is 14.3 Å². The molecule has 0 unspecified atom stereocenters. The van der Waals surface area contributed by atoms with Crippen molar-refractivity contribution >= 4 is 34.2 Å². The first-order valence-electron chi connectivity index (χ1n) is 8.76. The minimum Gasteiger partial charge on any atom is -0.497 e. The van der Waals surface area contributed by atoms with E-state index in [1.165, 1.54) is 7.05 Å². The lowest BCUT2D eigenvalue weighted by atomic mass is 10.2. The molecule has 146 valence electrons. The average molecular weight is 401 g/mol. The van der Waals surface area contributed by atoms with Crippen LogP contribution in [0.15, 0.2) is 33.9 Å². The van der Waals surface area contributed by atoms with Gasteiger partial charge in [-0.1, -0.05) is 0 Å². The number of anilines is 1. The molecule has 2 aromatic heterocycles. The van der Waals surface area contributed by atoms with Gasteiger partial charge in [0.15, 0.2) is 5.52 Å². The van der Waals surface area contributed by atoms with E-state index < -0.39 is 11.2 Å². The minimum atomic E-state index is -0.559. The van der Waals surface area contributed by atoms with Gasteiger partial charge in [-0.3, -0.25) is 14.2 Å². The van der Waals surface area contributed by atoms with Crippen molar-refractivity contribution in [2.24, 2.45) is 7.05 Å². The second kappa shape index (κ2) is 7.12. The van der Waals surface area contributed by atoms with E-state index in [1.54, 1.807) is 12.0 Å². The van der Waals surface area contributed by atoms with Crippen molar-refractivity contribution in [1.82, 2.24) is 18.8 Å². The molecule has 4 rings (SSSR count). The second-order valence-corrected chi connectivity index (χ2v) is 7.28. The zero-order valence-electron chi connectivity index (χ0n) is 15.5. The van der Waals surface area contributed by atoms with Crippen LogP contribution in [-0.2, 0) is 7.05 Å². The van der Waals surface area contributed by atoms with Gasteiger partial charge in [-0.2, -0.15) is 4.37 Å². The number of ether oxygens (including phenoxy) is 1. The molecule has 1 aromatic carbocycles. The lowest BCUT2D eigenvalue weighted by molar-refractivity contribution is 0.0753. The van der Waals surface area contributed by atoms with Crippen molar-refractivity contribution in [1.29, 1.82) is 0 Å². The van der Waals surface area contributed by atoms with Crippen molar-refractivity contribution < 1.29 is 9.53 Å². The van der Waals surface area contributed by atoms with Gasteiger partial charge in [-0.25, -0.2) is 4.79 Å². The Hall–Kier alpha value is -3.14. The number of rotatable bonds is 3. The first-order valence-corrected chi connectivity index (χ1v) is 9.54. The van der Waals surface area contributed by atoms with Crippen LogP contribution in [0.5, 0.6) is 5.75 Å². The Kier molecular flexibility index (Phi) is 4.63. The summed E-state index contributed by atoms with van der Waals surface area (Å²) in [6.45, 7) is 2.46. The maximum atomic E-state index is 12.9. The number of benzene rings is 1. The normalized spacial score (nSPS) is 14.5. The number of hydrogen-bond donors (Lipinski definition) is 1. The van der Waals surface area contributed by atoms with E-state index in [9.17, 15) is 14.4 Å². The van der Waals surface area contributed by atoms with Crippen molar-refractivity contribution in [3.8, 4) is 5.75 Å². The Morgan fingerprint density at radius 2 is 1.82 bits per heavy atom. The number of carbonyl (C=O) groups is 1. The number of piperazine rings is 1.